The Balaban J connectivity index is 1.22. The SMILES string of the molecule is CN(C)CCN(Cc1ccccc1O)Cc1cc(-c2cccc3c2Oc2c(-c4ccc(O)c(CN(CCN(C)C)Cc5ccccc5O)c4)cccc2C3(C)C)ccc1O. The molecule has 0 aromatic heterocycles. The maximum absolute atomic E-state index is 11.2. The molecule has 60 heavy (non-hydrogen) atoms. The lowest BCUT2D eigenvalue weighted by atomic mass is 9.74. The fourth-order valence-electron chi connectivity index (χ4n) is 8.10. The van der Waals surface area contributed by atoms with Crippen LogP contribution in [0, 0.1) is 0 Å². The van der Waals surface area contributed by atoms with E-state index in [1.54, 1.807) is 24.3 Å². The molecule has 0 radical (unpaired) electrons. The first-order chi connectivity index (χ1) is 28.8. The number of ether oxygens (including phenoxy) is 1. The third kappa shape index (κ3) is 9.46. The van der Waals surface area contributed by atoms with Gasteiger partial charge in [0.15, 0.2) is 0 Å². The Labute approximate surface area is 355 Å². The molecule has 9 nitrogen and oxygen atoms in total. The molecular weight excluding hydrogens is 749 g/mol. The van der Waals surface area contributed by atoms with E-state index in [1.807, 2.05) is 76.7 Å². The molecule has 0 spiro atoms. The zero-order valence-electron chi connectivity index (χ0n) is 35.7. The summed E-state index contributed by atoms with van der Waals surface area (Å²) in [6, 6.07) is 38.9. The van der Waals surface area contributed by atoms with Crippen molar-refractivity contribution < 1.29 is 25.2 Å². The van der Waals surface area contributed by atoms with Crippen LogP contribution in [0.4, 0.5) is 0 Å². The van der Waals surface area contributed by atoms with Crippen molar-refractivity contribution in [1.82, 2.24) is 19.6 Å². The molecule has 0 aliphatic carbocycles. The van der Waals surface area contributed by atoms with Crippen LogP contribution in [0.5, 0.6) is 34.5 Å². The van der Waals surface area contributed by atoms with Crippen molar-refractivity contribution in [2.24, 2.45) is 0 Å². The standard InChI is InChI=1S/C51H58N4O5/c1-51(2)43-17-11-15-41(35-21-23-47(58)39(29-35)33-54(27-25-52(3)4)31-37-13-7-9-19-45(37)56)49(43)60-50-42(16-12-18-44(50)51)36-22-24-48(59)40(30-36)34-55(28-26-53(5)6)32-38-14-8-10-20-46(38)57/h7-24,29-30,56-59H,25-28,31-34H2,1-6H3. The predicted octanol–water partition coefficient (Wildman–Crippen LogP) is 9.40. The van der Waals surface area contributed by atoms with Gasteiger partial charge in [0.05, 0.1) is 0 Å². The van der Waals surface area contributed by atoms with Gasteiger partial charge >= 0.3 is 0 Å². The number of phenolic OH excluding ortho intramolecular Hbond substituents is 4. The third-order valence-electron chi connectivity index (χ3n) is 11.6. The molecule has 4 N–H and O–H groups in total. The zero-order chi connectivity index (χ0) is 42.6. The van der Waals surface area contributed by atoms with Crippen LogP contribution in [0.1, 0.15) is 47.2 Å². The number of rotatable bonds is 16. The van der Waals surface area contributed by atoms with Crippen molar-refractivity contribution in [2.45, 2.75) is 45.4 Å². The minimum Gasteiger partial charge on any atom is -0.508 e. The summed E-state index contributed by atoms with van der Waals surface area (Å²) in [6.45, 7) is 9.62. The average molecular weight is 807 g/mol. The van der Waals surface area contributed by atoms with E-state index >= 15 is 0 Å². The number of hydrogen-bond donors (Lipinski definition) is 4. The fraction of sp³-hybridized carbons (Fsp3) is 0.294. The Morgan fingerprint density at radius 3 is 1.22 bits per heavy atom. The zero-order valence-corrected chi connectivity index (χ0v) is 35.7. The van der Waals surface area contributed by atoms with E-state index in [-0.39, 0.29) is 23.0 Å². The molecule has 0 fully saturated rings. The van der Waals surface area contributed by atoms with Gasteiger partial charge < -0.3 is 35.0 Å². The molecule has 0 saturated carbocycles. The Kier molecular flexibility index (Phi) is 12.8. The molecule has 1 aliphatic rings. The van der Waals surface area contributed by atoms with Gasteiger partial charge in [-0.1, -0.05) is 98.8 Å². The minimum atomic E-state index is -0.407. The summed E-state index contributed by atoms with van der Waals surface area (Å²) in [5.74, 6) is 2.50. The van der Waals surface area contributed by atoms with E-state index in [0.717, 1.165) is 93.3 Å². The molecule has 1 heterocycles. The predicted molar refractivity (Wildman–Crippen MR) is 241 cm³/mol. The molecule has 0 bridgehead atoms. The van der Waals surface area contributed by atoms with Crippen LogP contribution in [0.15, 0.2) is 121 Å². The van der Waals surface area contributed by atoms with Gasteiger partial charge in [-0.3, -0.25) is 9.80 Å². The van der Waals surface area contributed by atoms with Crippen LogP contribution in [0.3, 0.4) is 0 Å². The second kappa shape index (κ2) is 18.2. The van der Waals surface area contributed by atoms with Gasteiger partial charge in [-0.05, 0) is 75.7 Å². The molecular formula is C51H58N4O5. The van der Waals surface area contributed by atoms with Gasteiger partial charge in [-0.2, -0.15) is 0 Å². The molecule has 7 rings (SSSR count). The Hall–Kier alpha value is -5.84. The smallest absolute Gasteiger partial charge is 0.139 e. The number of benzene rings is 6. The largest absolute Gasteiger partial charge is 0.508 e. The van der Waals surface area contributed by atoms with Crippen LogP contribution in [0.2, 0.25) is 0 Å². The number of aromatic hydroxyl groups is 4. The number of para-hydroxylation sites is 4. The maximum atomic E-state index is 11.2. The third-order valence-corrected chi connectivity index (χ3v) is 11.6. The Bertz CT molecular complexity index is 2280. The molecule has 6 aromatic rings. The summed E-state index contributed by atoms with van der Waals surface area (Å²) >= 11 is 0. The van der Waals surface area contributed by atoms with Crippen molar-refractivity contribution in [3.63, 3.8) is 0 Å². The molecule has 0 saturated heterocycles. The van der Waals surface area contributed by atoms with Crippen molar-refractivity contribution >= 4 is 0 Å². The van der Waals surface area contributed by atoms with E-state index in [1.165, 1.54) is 0 Å². The second-order valence-corrected chi connectivity index (χ2v) is 17.1. The molecule has 0 amide bonds. The van der Waals surface area contributed by atoms with Crippen molar-refractivity contribution in [2.75, 3.05) is 54.4 Å². The van der Waals surface area contributed by atoms with Crippen LogP contribution in [-0.4, -0.2) is 94.4 Å². The highest BCUT2D eigenvalue weighted by Gasteiger charge is 2.37. The van der Waals surface area contributed by atoms with Crippen LogP contribution in [-0.2, 0) is 31.6 Å². The van der Waals surface area contributed by atoms with Crippen molar-refractivity contribution in [3.05, 3.63) is 155 Å². The van der Waals surface area contributed by atoms with E-state index in [9.17, 15) is 20.4 Å². The van der Waals surface area contributed by atoms with Gasteiger partial charge in [0.25, 0.3) is 0 Å². The highest BCUT2D eigenvalue weighted by atomic mass is 16.5. The van der Waals surface area contributed by atoms with Crippen molar-refractivity contribution in [1.29, 1.82) is 0 Å². The maximum Gasteiger partial charge on any atom is 0.139 e. The number of hydrogen-bond acceptors (Lipinski definition) is 9. The summed E-state index contributed by atoms with van der Waals surface area (Å²) in [5, 5.41) is 43.7. The number of phenols is 4. The molecule has 1 aliphatic heterocycles. The first kappa shape index (κ1) is 42.3. The summed E-state index contributed by atoms with van der Waals surface area (Å²) in [4.78, 5) is 8.76. The molecule has 9 heteroatoms. The first-order valence-corrected chi connectivity index (χ1v) is 20.7. The van der Waals surface area contributed by atoms with E-state index in [2.05, 4.69) is 82.0 Å². The van der Waals surface area contributed by atoms with E-state index in [4.69, 9.17) is 4.74 Å². The van der Waals surface area contributed by atoms with Gasteiger partial charge in [-0.25, -0.2) is 0 Å². The van der Waals surface area contributed by atoms with Gasteiger partial charge in [0, 0.05) is 102 Å². The first-order valence-electron chi connectivity index (χ1n) is 20.7. The lowest BCUT2D eigenvalue weighted by Gasteiger charge is -2.36. The average Bonchev–Trinajstić information content (AvgIpc) is 3.22. The summed E-state index contributed by atoms with van der Waals surface area (Å²) in [6.07, 6.45) is 0. The highest BCUT2D eigenvalue weighted by Crippen LogP contribution is 2.54. The van der Waals surface area contributed by atoms with E-state index in [0.29, 0.717) is 26.2 Å². The molecule has 312 valence electrons. The van der Waals surface area contributed by atoms with Gasteiger partial charge in [-0.15, -0.1) is 0 Å². The quantitative estimate of drug-likeness (QED) is 0.0762. The van der Waals surface area contributed by atoms with Gasteiger partial charge in [0.2, 0.25) is 0 Å². The lowest BCUT2D eigenvalue weighted by molar-refractivity contribution is 0.221. The summed E-state index contributed by atoms with van der Waals surface area (Å²) in [5.41, 5.74) is 8.69. The topological polar surface area (TPSA) is 103 Å². The van der Waals surface area contributed by atoms with Crippen LogP contribution < -0.4 is 4.74 Å². The van der Waals surface area contributed by atoms with Crippen LogP contribution in [0.25, 0.3) is 22.3 Å². The molecule has 0 unspecified atom stereocenters. The number of likely N-dealkylation sites (N-methyl/N-ethyl adjacent to an activating group) is 2. The fourth-order valence-corrected chi connectivity index (χ4v) is 8.10. The summed E-state index contributed by atoms with van der Waals surface area (Å²) in [7, 11) is 8.17. The Morgan fingerprint density at radius 2 is 0.817 bits per heavy atom. The monoisotopic (exact) mass is 806 g/mol. The number of fused-ring (bicyclic) bond motifs is 2. The molecule has 6 aromatic carbocycles. The lowest BCUT2D eigenvalue weighted by Crippen LogP contribution is -2.31. The van der Waals surface area contributed by atoms with Gasteiger partial charge in [0.1, 0.15) is 34.5 Å². The minimum absolute atomic E-state index is 0.216. The van der Waals surface area contributed by atoms with E-state index < -0.39 is 5.41 Å². The second-order valence-electron chi connectivity index (χ2n) is 17.1. The Morgan fingerprint density at radius 1 is 0.433 bits per heavy atom. The van der Waals surface area contributed by atoms with Crippen LogP contribution >= 0.6 is 0 Å². The number of nitrogens with zero attached hydrogens (tertiary/aromatic N) is 4. The normalized spacial score (nSPS) is 13.2. The summed E-state index contributed by atoms with van der Waals surface area (Å²) < 4.78 is 7.09. The van der Waals surface area contributed by atoms with Crippen molar-refractivity contribution in [3.8, 4) is 56.8 Å². The molecule has 0 atom stereocenters. The highest BCUT2D eigenvalue weighted by molar-refractivity contribution is 5.81.